The standard InChI is InChI=1S/C20H23F2N3O6S2/c1-20(2,3)33(28,29)17-11-25-14(10-23-18(25)9-16(17)30-4)12-6-7-15(31-19(21)22)13(8-12)24-32(5,26)27/h6-11,19,24H,1-5H3. The maximum atomic E-state index is 13.1. The Labute approximate surface area is 190 Å². The van der Waals surface area contributed by atoms with E-state index in [2.05, 4.69) is 14.4 Å². The van der Waals surface area contributed by atoms with Gasteiger partial charge in [0.15, 0.2) is 9.84 Å². The highest BCUT2D eigenvalue weighted by Gasteiger charge is 2.34. The zero-order valence-electron chi connectivity index (χ0n) is 18.5. The summed E-state index contributed by atoms with van der Waals surface area (Å²) in [5.41, 5.74) is 0.916. The number of hydrogen-bond acceptors (Lipinski definition) is 7. The van der Waals surface area contributed by atoms with E-state index in [1.54, 1.807) is 20.8 Å². The van der Waals surface area contributed by atoms with Crippen LogP contribution in [0.3, 0.4) is 0 Å². The third kappa shape index (κ3) is 5.03. The first kappa shape index (κ1) is 24.7. The normalized spacial score (nSPS) is 12.8. The van der Waals surface area contributed by atoms with Crippen LogP contribution in [-0.2, 0) is 19.9 Å². The lowest BCUT2D eigenvalue weighted by atomic mass is 10.1. The number of sulfonamides is 1. The minimum atomic E-state index is -3.81. The zero-order chi connectivity index (χ0) is 24.8. The van der Waals surface area contributed by atoms with Crippen LogP contribution < -0.4 is 14.2 Å². The molecule has 0 aliphatic rings. The summed E-state index contributed by atoms with van der Waals surface area (Å²) in [4.78, 5) is 4.20. The molecule has 33 heavy (non-hydrogen) atoms. The van der Waals surface area contributed by atoms with Gasteiger partial charge in [-0.2, -0.15) is 8.78 Å². The van der Waals surface area contributed by atoms with Crippen molar-refractivity contribution in [3.63, 3.8) is 0 Å². The molecule has 2 heterocycles. The van der Waals surface area contributed by atoms with E-state index in [0.717, 1.165) is 6.26 Å². The fourth-order valence-corrected chi connectivity index (χ4v) is 4.93. The molecule has 0 spiro atoms. The lowest BCUT2D eigenvalue weighted by Gasteiger charge is -2.21. The Morgan fingerprint density at radius 1 is 1.09 bits per heavy atom. The predicted octanol–water partition coefficient (Wildman–Crippen LogP) is 3.56. The van der Waals surface area contributed by atoms with Crippen LogP contribution in [0.1, 0.15) is 20.8 Å². The van der Waals surface area contributed by atoms with E-state index in [0.29, 0.717) is 16.9 Å². The summed E-state index contributed by atoms with van der Waals surface area (Å²) in [6, 6.07) is 5.37. The Hall–Kier alpha value is -2.93. The molecule has 180 valence electrons. The molecule has 0 unspecified atom stereocenters. The van der Waals surface area contributed by atoms with Gasteiger partial charge in [0.2, 0.25) is 10.0 Å². The maximum Gasteiger partial charge on any atom is 0.387 e. The first-order chi connectivity index (χ1) is 15.1. The molecule has 0 aliphatic heterocycles. The quantitative estimate of drug-likeness (QED) is 0.524. The summed E-state index contributed by atoms with van der Waals surface area (Å²) in [6.45, 7) is 1.52. The minimum Gasteiger partial charge on any atom is -0.495 e. The molecule has 1 aromatic carbocycles. The topological polar surface area (TPSA) is 116 Å². The number of aromatic nitrogens is 2. The fourth-order valence-electron chi connectivity index (χ4n) is 3.06. The van der Waals surface area contributed by atoms with Crippen molar-refractivity contribution in [1.29, 1.82) is 0 Å². The lowest BCUT2D eigenvalue weighted by Crippen LogP contribution is -2.28. The molecule has 0 amide bonds. The summed E-state index contributed by atoms with van der Waals surface area (Å²) >= 11 is 0. The van der Waals surface area contributed by atoms with Gasteiger partial charge in [0, 0.05) is 17.8 Å². The molecule has 3 rings (SSSR count). The van der Waals surface area contributed by atoms with Crippen LogP contribution in [0.25, 0.3) is 16.9 Å². The minimum absolute atomic E-state index is 0.0589. The SMILES string of the molecule is COc1cc2ncc(-c3ccc(OC(F)F)c(NS(C)(=O)=O)c3)n2cc1S(=O)(=O)C(C)(C)C. The van der Waals surface area contributed by atoms with Crippen molar-refractivity contribution in [2.75, 3.05) is 18.1 Å². The number of sulfone groups is 1. The van der Waals surface area contributed by atoms with Crippen molar-refractivity contribution in [2.24, 2.45) is 0 Å². The summed E-state index contributed by atoms with van der Waals surface area (Å²) in [5, 5.41) is 0. The average molecular weight is 504 g/mol. The van der Waals surface area contributed by atoms with Crippen LogP contribution in [0.2, 0.25) is 0 Å². The number of methoxy groups -OCH3 is 1. The van der Waals surface area contributed by atoms with E-state index >= 15 is 0 Å². The number of ether oxygens (including phenoxy) is 2. The van der Waals surface area contributed by atoms with E-state index in [4.69, 9.17) is 4.74 Å². The molecule has 0 saturated heterocycles. The Morgan fingerprint density at radius 2 is 1.76 bits per heavy atom. The number of hydrogen-bond donors (Lipinski definition) is 1. The van der Waals surface area contributed by atoms with Crippen LogP contribution in [0.15, 0.2) is 41.6 Å². The molecule has 2 aromatic heterocycles. The van der Waals surface area contributed by atoms with E-state index in [9.17, 15) is 25.6 Å². The average Bonchev–Trinajstić information content (AvgIpc) is 3.08. The molecular formula is C20H23F2N3O6S2. The van der Waals surface area contributed by atoms with Crippen LogP contribution in [0.5, 0.6) is 11.5 Å². The highest BCUT2D eigenvalue weighted by Crippen LogP contribution is 2.36. The van der Waals surface area contributed by atoms with Crippen molar-refractivity contribution in [2.45, 2.75) is 37.0 Å². The van der Waals surface area contributed by atoms with E-state index in [1.165, 1.54) is 48.2 Å². The number of alkyl halides is 2. The second-order valence-electron chi connectivity index (χ2n) is 8.16. The number of halogens is 2. The summed E-state index contributed by atoms with van der Waals surface area (Å²) < 4.78 is 87.4. The second-order valence-corrected chi connectivity index (χ2v) is 12.6. The van der Waals surface area contributed by atoms with Crippen molar-refractivity contribution in [3.8, 4) is 22.8 Å². The maximum absolute atomic E-state index is 13.1. The van der Waals surface area contributed by atoms with Crippen molar-refractivity contribution >= 4 is 31.2 Å². The number of nitrogens with one attached hydrogen (secondary N) is 1. The zero-order valence-corrected chi connectivity index (χ0v) is 20.1. The highest BCUT2D eigenvalue weighted by atomic mass is 32.2. The number of benzene rings is 1. The van der Waals surface area contributed by atoms with Crippen LogP contribution >= 0.6 is 0 Å². The Morgan fingerprint density at radius 3 is 2.30 bits per heavy atom. The van der Waals surface area contributed by atoms with Gasteiger partial charge in [-0.05, 0) is 39.0 Å². The molecule has 0 bridgehead atoms. The van der Waals surface area contributed by atoms with Gasteiger partial charge in [-0.25, -0.2) is 21.8 Å². The van der Waals surface area contributed by atoms with Gasteiger partial charge in [-0.3, -0.25) is 9.12 Å². The smallest absolute Gasteiger partial charge is 0.387 e. The van der Waals surface area contributed by atoms with Crippen LogP contribution in [0.4, 0.5) is 14.5 Å². The summed E-state index contributed by atoms with van der Waals surface area (Å²) in [5.74, 6) is -0.250. The predicted molar refractivity (Wildman–Crippen MR) is 119 cm³/mol. The van der Waals surface area contributed by atoms with E-state index < -0.39 is 31.2 Å². The number of fused-ring (bicyclic) bond motifs is 1. The van der Waals surface area contributed by atoms with Gasteiger partial charge in [0.1, 0.15) is 22.0 Å². The molecule has 9 nitrogen and oxygen atoms in total. The molecule has 0 saturated carbocycles. The molecule has 3 aromatic rings. The number of rotatable bonds is 7. The third-order valence-corrected chi connectivity index (χ3v) is 7.77. The fraction of sp³-hybridized carbons (Fsp3) is 0.350. The number of imidazole rings is 1. The number of nitrogens with zero attached hydrogens (tertiary/aromatic N) is 2. The van der Waals surface area contributed by atoms with Gasteiger partial charge >= 0.3 is 6.61 Å². The summed E-state index contributed by atoms with van der Waals surface area (Å²) in [6.07, 6.45) is 3.68. The molecule has 0 atom stereocenters. The molecular weight excluding hydrogens is 480 g/mol. The largest absolute Gasteiger partial charge is 0.495 e. The molecule has 0 aliphatic carbocycles. The highest BCUT2D eigenvalue weighted by molar-refractivity contribution is 7.93. The summed E-state index contributed by atoms with van der Waals surface area (Å²) in [7, 11) is -6.27. The van der Waals surface area contributed by atoms with Crippen molar-refractivity contribution in [1.82, 2.24) is 9.38 Å². The van der Waals surface area contributed by atoms with E-state index in [-0.39, 0.29) is 22.1 Å². The number of pyridine rings is 1. The monoisotopic (exact) mass is 503 g/mol. The van der Waals surface area contributed by atoms with Crippen LogP contribution in [-0.4, -0.2) is 50.9 Å². The number of anilines is 1. The molecule has 13 heteroatoms. The lowest BCUT2D eigenvalue weighted by molar-refractivity contribution is -0.0493. The molecule has 0 radical (unpaired) electrons. The second kappa shape index (κ2) is 8.45. The van der Waals surface area contributed by atoms with Gasteiger partial charge in [0.05, 0.1) is 35.7 Å². The van der Waals surface area contributed by atoms with Gasteiger partial charge in [-0.1, -0.05) is 0 Å². The van der Waals surface area contributed by atoms with Crippen molar-refractivity contribution < 1.29 is 35.1 Å². The molecule has 0 fully saturated rings. The van der Waals surface area contributed by atoms with Gasteiger partial charge < -0.3 is 9.47 Å². The van der Waals surface area contributed by atoms with Crippen LogP contribution in [0, 0.1) is 0 Å². The van der Waals surface area contributed by atoms with E-state index in [1.807, 2.05) is 0 Å². The molecule has 1 N–H and O–H groups in total. The third-order valence-electron chi connectivity index (χ3n) is 4.68. The van der Waals surface area contributed by atoms with Crippen molar-refractivity contribution in [3.05, 3.63) is 36.7 Å². The Bertz CT molecular complexity index is 1410. The van der Waals surface area contributed by atoms with Gasteiger partial charge in [-0.15, -0.1) is 0 Å². The first-order valence-electron chi connectivity index (χ1n) is 9.51. The van der Waals surface area contributed by atoms with Gasteiger partial charge in [0.25, 0.3) is 0 Å². The first-order valence-corrected chi connectivity index (χ1v) is 12.9. The Kier molecular flexibility index (Phi) is 6.33. The Balaban J connectivity index is 2.24.